The average Bonchev–Trinajstić information content (AvgIpc) is 3.37. The van der Waals surface area contributed by atoms with E-state index in [1.54, 1.807) is 18.4 Å². The quantitative estimate of drug-likeness (QED) is 0.569. The smallest absolute Gasteiger partial charge is 0.276 e. The van der Waals surface area contributed by atoms with Crippen molar-refractivity contribution in [3.8, 4) is 11.4 Å². The fourth-order valence-corrected chi connectivity index (χ4v) is 2.86. The summed E-state index contributed by atoms with van der Waals surface area (Å²) in [6, 6.07) is 21.8. The van der Waals surface area contributed by atoms with Gasteiger partial charge in [0.15, 0.2) is 11.4 Å². The number of rotatable bonds is 5. The van der Waals surface area contributed by atoms with E-state index in [-0.39, 0.29) is 11.4 Å². The molecule has 6 nitrogen and oxygen atoms in total. The van der Waals surface area contributed by atoms with Crippen molar-refractivity contribution in [3.05, 3.63) is 102 Å². The molecule has 0 fully saturated rings. The molecule has 0 aliphatic heterocycles. The van der Waals surface area contributed by atoms with E-state index in [9.17, 15) is 9.90 Å². The number of aromatic nitrogens is 2. The van der Waals surface area contributed by atoms with Crippen molar-refractivity contribution in [3.63, 3.8) is 0 Å². The first-order chi connectivity index (χ1) is 13.2. The first kappa shape index (κ1) is 16.7. The van der Waals surface area contributed by atoms with Crippen molar-refractivity contribution < 1.29 is 14.3 Å². The molecule has 0 radical (unpaired) electrons. The Labute approximate surface area is 155 Å². The SMILES string of the molecule is O=C(NC(c1ccccc1)c1ccco1)c1nn(-c2ccccc2)cc1O. The largest absolute Gasteiger partial charge is 0.504 e. The van der Waals surface area contributed by atoms with E-state index in [0.29, 0.717) is 5.76 Å². The Bertz CT molecular complexity index is 1030. The van der Waals surface area contributed by atoms with Crippen LogP contribution in [0.1, 0.15) is 27.9 Å². The Kier molecular flexibility index (Phi) is 4.45. The Morgan fingerprint density at radius 2 is 1.70 bits per heavy atom. The molecular weight excluding hydrogens is 342 g/mol. The van der Waals surface area contributed by atoms with Gasteiger partial charge in [-0.15, -0.1) is 0 Å². The molecule has 2 heterocycles. The number of aromatic hydroxyl groups is 1. The summed E-state index contributed by atoms with van der Waals surface area (Å²) in [5.41, 5.74) is 1.56. The molecule has 4 rings (SSSR count). The molecule has 0 aliphatic carbocycles. The van der Waals surface area contributed by atoms with E-state index in [0.717, 1.165) is 11.3 Å². The van der Waals surface area contributed by atoms with Crippen LogP contribution in [0.4, 0.5) is 0 Å². The third-order valence-electron chi connectivity index (χ3n) is 4.17. The third kappa shape index (κ3) is 3.46. The van der Waals surface area contributed by atoms with Crippen molar-refractivity contribution in [2.45, 2.75) is 6.04 Å². The zero-order valence-corrected chi connectivity index (χ0v) is 14.3. The number of nitrogens with zero attached hydrogens (tertiary/aromatic N) is 2. The summed E-state index contributed by atoms with van der Waals surface area (Å²) in [6.07, 6.45) is 2.97. The molecule has 134 valence electrons. The summed E-state index contributed by atoms with van der Waals surface area (Å²) in [5, 5.41) is 17.3. The summed E-state index contributed by atoms with van der Waals surface area (Å²) in [6.45, 7) is 0. The number of benzene rings is 2. The normalized spacial score (nSPS) is 11.9. The second-order valence-electron chi connectivity index (χ2n) is 5.98. The van der Waals surface area contributed by atoms with Gasteiger partial charge in [-0.25, -0.2) is 4.68 Å². The number of carbonyl (C=O) groups excluding carboxylic acids is 1. The molecule has 1 atom stereocenters. The second kappa shape index (κ2) is 7.21. The van der Waals surface area contributed by atoms with Crippen molar-refractivity contribution >= 4 is 5.91 Å². The Hall–Kier alpha value is -3.80. The molecule has 6 heteroatoms. The van der Waals surface area contributed by atoms with Gasteiger partial charge >= 0.3 is 0 Å². The summed E-state index contributed by atoms with van der Waals surface area (Å²) < 4.78 is 6.96. The number of carbonyl (C=O) groups is 1. The number of furan rings is 1. The average molecular weight is 359 g/mol. The molecule has 0 aliphatic rings. The van der Waals surface area contributed by atoms with Crippen molar-refractivity contribution in [2.75, 3.05) is 0 Å². The lowest BCUT2D eigenvalue weighted by atomic mass is 10.0. The maximum atomic E-state index is 12.8. The molecule has 0 saturated heterocycles. The maximum absolute atomic E-state index is 12.8. The van der Waals surface area contributed by atoms with Crippen LogP contribution in [-0.4, -0.2) is 20.8 Å². The van der Waals surface area contributed by atoms with Gasteiger partial charge in [0.05, 0.1) is 18.1 Å². The summed E-state index contributed by atoms with van der Waals surface area (Å²) >= 11 is 0. The van der Waals surface area contributed by atoms with Gasteiger partial charge in [-0.3, -0.25) is 4.79 Å². The molecule has 2 aromatic carbocycles. The van der Waals surface area contributed by atoms with Crippen LogP contribution >= 0.6 is 0 Å². The van der Waals surface area contributed by atoms with Gasteiger partial charge in [-0.1, -0.05) is 48.5 Å². The van der Waals surface area contributed by atoms with E-state index in [4.69, 9.17) is 4.42 Å². The van der Waals surface area contributed by atoms with Crippen LogP contribution in [0.5, 0.6) is 5.75 Å². The Balaban J connectivity index is 1.63. The molecule has 0 saturated carbocycles. The highest BCUT2D eigenvalue weighted by Gasteiger charge is 2.24. The fraction of sp³-hybridized carbons (Fsp3) is 0.0476. The van der Waals surface area contributed by atoms with Gasteiger partial charge in [0, 0.05) is 0 Å². The van der Waals surface area contributed by atoms with Crippen LogP contribution < -0.4 is 5.32 Å². The van der Waals surface area contributed by atoms with E-state index in [1.165, 1.54) is 10.9 Å². The number of nitrogens with one attached hydrogen (secondary N) is 1. The van der Waals surface area contributed by atoms with E-state index in [2.05, 4.69) is 10.4 Å². The van der Waals surface area contributed by atoms with Crippen LogP contribution in [0.25, 0.3) is 5.69 Å². The Morgan fingerprint density at radius 3 is 2.37 bits per heavy atom. The van der Waals surface area contributed by atoms with Gasteiger partial charge < -0.3 is 14.8 Å². The summed E-state index contributed by atoms with van der Waals surface area (Å²) in [7, 11) is 0. The van der Waals surface area contributed by atoms with Crippen molar-refractivity contribution in [1.82, 2.24) is 15.1 Å². The second-order valence-corrected chi connectivity index (χ2v) is 5.98. The first-order valence-electron chi connectivity index (χ1n) is 8.45. The number of amides is 1. The molecule has 0 bridgehead atoms. The van der Waals surface area contributed by atoms with Crippen LogP contribution in [0.3, 0.4) is 0 Å². The lowest BCUT2D eigenvalue weighted by molar-refractivity contribution is 0.0931. The molecule has 27 heavy (non-hydrogen) atoms. The lowest BCUT2D eigenvalue weighted by Gasteiger charge is -2.16. The molecular formula is C21H17N3O3. The predicted molar refractivity (Wildman–Crippen MR) is 99.7 cm³/mol. The van der Waals surface area contributed by atoms with Crippen LogP contribution in [-0.2, 0) is 0 Å². The minimum absolute atomic E-state index is 0.0497. The van der Waals surface area contributed by atoms with Gasteiger partial charge in [0.2, 0.25) is 0 Å². The topological polar surface area (TPSA) is 80.3 Å². The monoisotopic (exact) mass is 359 g/mol. The van der Waals surface area contributed by atoms with Crippen LogP contribution in [0, 0.1) is 0 Å². The molecule has 2 aromatic heterocycles. The van der Waals surface area contributed by atoms with Gasteiger partial charge in [0.1, 0.15) is 11.8 Å². The maximum Gasteiger partial charge on any atom is 0.276 e. The van der Waals surface area contributed by atoms with Gasteiger partial charge in [0.25, 0.3) is 5.91 Å². The van der Waals surface area contributed by atoms with E-state index in [1.807, 2.05) is 60.7 Å². The zero-order valence-electron chi connectivity index (χ0n) is 14.3. The van der Waals surface area contributed by atoms with Gasteiger partial charge in [-0.05, 0) is 29.8 Å². The summed E-state index contributed by atoms with van der Waals surface area (Å²) in [5.74, 6) is -0.0911. The number of hydrogen-bond donors (Lipinski definition) is 2. The number of hydrogen-bond acceptors (Lipinski definition) is 4. The van der Waals surface area contributed by atoms with E-state index < -0.39 is 11.9 Å². The van der Waals surface area contributed by atoms with E-state index >= 15 is 0 Å². The third-order valence-corrected chi connectivity index (χ3v) is 4.17. The minimum atomic E-state index is -0.493. The Morgan fingerprint density at radius 1 is 1.00 bits per heavy atom. The van der Waals surface area contributed by atoms with Crippen LogP contribution in [0.15, 0.2) is 89.7 Å². The highest BCUT2D eigenvalue weighted by Crippen LogP contribution is 2.24. The molecule has 2 N–H and O–H groups in total. The van der Waals surface area contributed by atoms with Crippen molar-refractivity contribution in [1.29, 1.82) is 0 Å². The zero-order chi connectivity index (χ0) is 18.6. The van der Waals surface area contributed by atoms with Crippen molar-refractivity contribution in [2.24, 2.45) is 0 Å². The lowest BCUT2D eigenvalue weighted by Crippen LogP contribution is -2.29. The molecule has 1 unspecified atom stereocenters. The minimum Gasteiger partial charge on any atom is -0.504 e. The highest BCUT2D eigenvalue weighted by atomic mass is 16.3. The summed E-state index contributed by atoms with van der Waals surface area (Å²) in [4.78, 5) is 12.8. The predicted octanol–water partition coefficient (Wildman–Crippen LogP) is 3.69. The first-order valence-corrected chi connectivity index (χ1v) is 8.45. The standard InChI is InChI=1S/C21H17N3O3/c25-17-14-24(16-10-5-2-6-11-16)23-20(17)21(26)22-19(18-12-7-13-27-18)15-8-3-1-4-9-15/h1-14,19,25H,(H,22,26). The number of para-hydroxylation sites is 1. The van der Waals surface area contributed by atoms with Gasteiger partial charge in [-0.2, -0.15) is 5.10 Å². The molecule has 1 amide bonds. The molecule has 4 aromatic rings. The fourth-order valence-electron chi connectivity index (χ4n) is 2.86. The van der Waals surface area contributed by atoms with Crippen LogP contribution in [0.2, 0.25) is 0 Å². The highest BCUT2D eigenvalue weighted by molar-refractivity contribution is 5.95. The molecule has 0 spiro atoms.